The minimum absolute atomic E-state index is 0.174. The first kappa shape index (κ1) is 15.6. The third kappa shape index (κ3) is 5.46. The molecule has 0 bridgehead atoms. The van der Waals surface area contributed by atoms with Crippen molar-refractivity contribution in [3.05, 3.63) is 34.1 Å². The average Bonchev–Trinajstić information content (AvgIpc) is 2.33. The number of nitrogens with one attached hydrogen (secondary N) is 1. The summed E-state index contributed by atoms with van der Waals surface area (Å²) in [5, 5.41) is 3.04. The van der Waals surface area contributed by atoms with E-state index in [1.165, 1.54) is 6.07 Å². The van der Waals surface area contributed by atoms with Gasteiger partial charge < -0.3 is 5.32 Å². The fourth-order valence-electron chi connectivity index (χ4n) is 1.46. The Kier molecular flexibility index (Phi) is 6.25. The standard InChI is InChI=1S/C12H17BrFNO2S/c1-2-18(16,17)7-3-6-15-9-10-8-11(13)4-5-12(10)14/h4-5,8,15H,2-3,6-7,9H2,1H3. The molecule has 3 nitrogen and oxygen atoms in total. The van der Waals surface area contributed by atoms with Crippen LogP contribution in [0.3, 0.4) is 0 Å². The molecule has 0 spiro atoms. The van der Waals surface area contributed by atoms with Gasteiger partial charge in [0.15, 0.2) is 0 Å². The SMILES string of the molecule is CCS(=O)(=O)CCCNCc1cc(Br)ccc1F. The van der Waals surface area contributed by atoms with Crippen LogP contribution in [0.1, 0.15) is 18.9 Å². The molecular formula is C12H17BrFNO2S. The lowest BCUT2D eigenvalue weighted by atomic mass is 10.2. The van der Waals surface area contributed by atoms with Gasteiger partial charge in [0.25, 0.3) is 0 Å². The Bertz CT molecular complexity index is 491. The van der Waals surface area contributed by atoms with E-state index in [4.69, 9.17) is 0 Å². The third-order valence-electron chi connectivity index (χ3n) is 2.57. The predicted molar refractivity (Wildman–Crippen MR) is 74.8 cm³/mol. The molecule has 1 rings (SSSR count). The van der Waals surface area contributed by atoms with Crippen molar-refractivity contribution in [3.8, 4) is 0 Å². The summed E-state index contributed by atoms with van der Waals surface area (Å²) in [5.74, 6) is 0.0944. The van der Waals surface area contributed by atoms with Crippen LogP contribution in [0.4, 0.5) is 4.39 Å². The highest BCUT2D eigenvalue weighted by Gasteiger charge is 2.06. The molecule has 0 saturated carbocycles. The number of hydrogen-bond donors (Lipinski definition) is 1. The van der Waals surface area contributed by atoms with Crippen molar-refractivity contribution < 1.29 is 12.8 Å². The molecule has 6 heteroatoms. The molecule has 0 atom stereocenters. The minimum Gasteiger partial charge on any atom is -0.313 e. The molecule has 0 aliphatic heterocycles. The molecule has 0 heterocycles. The van der Waals surface area contributed by atoms with Crippen LogP contribution in [0.15, 0.2) is 22.7 Å². The number of benzene rings is 1. The van der Waals surface area contributed by atoms with Gasteiger partial charge in [-0.15, -0.1) is 0 Å². The van der Waals surface area contributed by atoms with Crippen LogP contribution in [0.5, 0.6) is 0 Å². The number of halogens is 2. The summed E-state index contributed by atoms with van der Waals surface area (Å²) < 4.78 is 36.7. The van der Waals surface area contributed by atoms with Crippen molar-refractivity contribution in [1.29, 1.82) is 0 Å². The Morgan fingerprint density at radius 3 is 2.78 bits per heavy atom. The second-order valence-corrected chi connectivity index (χ2v) is 7.39. The monoisotopic (exact) mass is 337 g/mol. The first-order valence-electron chi connectivity index (χ1n) is 5.79. The van der Waals surface area contributed by atoms with Crippen molar-refractivity contribution in [3.63, 3.8) is 0 Å². The highest BCUT2D eigenvalue weighted by molar-refractivity contribution is 9.10. The van der Waals surface area contributed by atoms with Crippen molar-refractivity contribution >= 4 is 25.8 Å². The van der Waals surface area contributed by atoms with Gasteiger partial charge >= 0.3 is 0 Å². The number of sulfone groups is 1. The van der Waals surface area contributed by atoms with E-state index >= 15 is 0 Å². The molecule has 18 heavy (non-hydrogen) atoms. The maximum atomic E-state index is 13.4. The normalized spacial score (nSPS) is 11.7. The minimum atomic E-state index is -2.90. The van der Waals surface area contributed by atoms with Gasteiger partial charge in [0.1, 0.15) is 15.7 Å². The van der Waals surface area contributed by atoms with Gasteiger partial charge in [0, 0.05) is 22.3 Å². The summed E-state index contributed by atoms with van der Waals surface area (Å²) in [5.41, 5.74) is 0.572. The fraction of sp³-hybridized carbons (Fsp3) is 0.500. The van der Waals surface area contributed by atoms with Gasteiger partial charge in [-0.1, -0.05) is 22.9 Å². The van der Waals surface area contributed by atoms with E-state index in [0.29, 0.717) is 25.1 Å². The fourth-order valence-corrected chi connectivity index (χ4v) is 2.74. The Labute approximate surface area is 116 Å². The van der Waals surface area contributed by atoms with Crippen LogP contribution in [0.2, 0.25) is 0 Å². The Morgan fingerprint density at radius 2 is 2.11 bits per heavy atom. The second-order valence-electron chi connectivity index (χ2n) is 4.00. The van der Waals surface area contributed by atoms with Gasteiger partial charge in [-0.3, -0.25) is 0 Å². The van der Waals surface area contributed by atoms with Gasteiger partial charge in [0.05, 0.1) is 5.75 Å². The zero-order valence-electron chi connectivity index (χ0n) is 10.2. The molecule has 0 fully saturated rings. The van der Waals surface area contributed by atoms with Crippen LogP contribution in [-0.4, -0.2) is 26.5 Å². The van der Waals surface area contributed by atoms with Crippen LogP contribution in [-0.2, 0) is 16.4 Å². The molecule has 102 valence electrons. The van der Waals surface area contributed by atoms with E-state index < -0.39 is 9.84 Å². The van der Waals surface area contributed by atoms with Crippen LogP contribution in [0.25, 0.3) is 0 Å². The maximum Gasteiger partial charge on any atom is 0.150 e. The van der Waals surface area contributed by atoms with Crippen molar-refractivity contribution in [2.24, 2.45) is 0 Å². The Hall–Kier alpha value is -0.460. The Morgan fingerprint density at radius 1 is 1.39 bits per heavy atom. The summed E-state index contributed by atoms with van der Waals surface area (Å²) in [6, 6.07) is 4.76. The summed E-state index contributed by atoms with van der Waals surface area (Å²) in [6.45, 7) is 2.60. The smallest absolute Gasteiger partial charge is 0.150 e. The first-order valence-corrected chi connectivity index (χ1v) is 8.41. The van der Waals surface area contributed by atoms with Gasteiger partial charge in [-0.2, -0.15) is 0 Å². The predicted octanol–water partition coefficient (Wildman–Crippen LogP) is 2.50. The third-order valence-corrected chi connectivity index (χ3v) is 4.86. The molecule has 0 radical (unpaired) electrons. The molecular weight excluding hydrogens is 321 g/mol. The van der Waals surface area contributed by atoms with Gasteiger partial charge in [-0.05, 0) is 31.2 Å². The molecule has 0 aliphatic rings. The molecule has 0 unspecified atom stereocenters. The summed E-state index contributed by atoms with van der Waals surface area (Å²) in [7, 11) is -2.90. The molecule has 1 aromatic carbocycles. The zero-order valence-corrected chi connectivity index (χ0v) is 12.7. The lowest BCUT2D eigenvalue weighted by Crippen LogP contribution is -2.19. The molecule has 1 N–H and O–H groups in total. The maximum absolute atomic E-state index is 13.4. The van der Waals surface area contributed by atoms with Gasteiger partial charge in [0.2, 0.25) is 0 Å². The van der Waals surface area contributed by atoms with Crippen LogP contribution < -0.4 is 5.32 Å². The quantitative estimate of drug-likeness (QED) is 0.777. The van der Waals surface area contributed by atoms with E-state index in [1.807, 2.05) is 0 Å². The summed E-state index contributed by atoms with van der Waals surface area (Å²) in [4.78, 5) is 0. The lowest BCUT2D eigenvalue weighted by molar-refractivity contribution is 0.577. The number of rotatable bonds is 7. The molecule has 0 saturated heterocycles. The lowest BCUT2D eigenvalue weighted by Gasteiger charge is -2.06. The highest BCUT2D eigenvalue weighted by Crippen LogP contribution is 2.15. The molecule has 0 aromatic heterocycles. The van der Waals surface area contributed by atoms with Crippen molar-refractivity contribution in [1.82, 2.24) is 5.32 Å². The van der Waals surface area contributed by atoms with E-state index in [0.717, 1.165) is 4.47 Å². The summed E-state index contributed by atoms with van der Waals surface area (Å²) in [6.07, 6.45) is 0.547. The average molecular weight is 338 g/mol. The van der Waals surface area contributed by atoms with Gasteiger partial charge in [-0.25, -0.2) is 12.8 Å². The topological polar surface area (TPSA) is 46.2 Å². The highest BCUT2D eigenvalue weighted by atomic mass is 79.9. The van der Waals surface area contributed by atoms with E-state index in [1.54, 1.807) is 19.1 Å². The van der Waals surface area contributed by atoms with Crippen LogP contribution in [0, 0.1) is 5.82 Å². The molecule has 0 aliphatic carbocycles. The number of hydrogen-bond acceptors (Lipinski definition) is 3. The van der Waals surface area contributed by atoms with Crippen LogP contribution >= 0.6 is 15.9 Å². The largest absolute Gasteiger partial charge is 0.313 e. The van der Waals surface area contributed by atoms with Crippen molar-refractivity contribution in [2.45, 2.75) is 19.9 Å². The van der Waals surface area contributed by atoms with E-state index in [9.17, 15) is 12.8 Å². The van der Waals surface area contributed by atoms with Crippen molar-refractivity contribution in [2.75, 3.05) is 18.1 Å². The Balaban J connectivity index is 2.32. The van der Waals surface area contributed by atoms with E-state index in [-0.39, 0.29) is 17.3 Å². The van der Waals surface area contributed by atoms with E-state index in [2.05, 4.69) is 21.2 Å². The first-order chi connectivity index (χ1) is 8.44. The molecule has 0 amide bonds. The summed E-state index contributed by atoms with van der Waals surface area (Å²) >= 11 is 3.28. The second kappa shape index (κ2) is 7.21. The zero-order chi connectivity index (χ0) is 13.6. The molecule has 1 aromatic rings.